The molecule has 0 fully saturated rings. The summed E-state index contributed by atoms with van der Waals surface area (Å²) in [5, 5.41) is 8.86. The van der Waals surface area contributed by atoms with Gasteiger partial charge in [-0.2, -0.15) is 5.26 Å². The molecule has 0 amide bonds. The molecule has 0 unspecified atom stereocenters. The summed E-state index contributed by atoms with van der Waals surface area (Å²) in [6, 6.07) is 3.74. The Hall–Kier alpha value is -2.23. The Morgan fingerprint density at radius 3 is 2.44 bits per heavy atom. The van der Waals surface area contributed by atoms with Crippen LogP contribution < -0.4 is 4.74 Å². The van der Waals surface area contributed by atoms with E-state index in [4.69, 9.17) is 5.26 Å². The molecular weight excluding hydrogens is 251 g/mol. The fraction of sp³-hybridized carbons (Fsp3) is 0.273. The number of carbonyl (C=O) groups is 1. The summed E-state index contributed by atoms with van der Waals surface area (Å²) in [6.45, 7) is 1.48. The Morgan fingerprint density at radius 1 is 1.39 bits per heavy atom. The van der Waals surface area contributed by atoms with Crippen LogP contribution in [-0.4, -0.2) is 19.4 Å². The van der Waals surface area contributed by atoms with Gasteiger partial charge in [0.05, 0.1) is 12.7 Å². The van der Waals surface area contributed by atoms with Crippen molar-refractivity contribution in [3.8, 4) is 11.8 Å². The summed E-state index contributed by atoms with van der Waals surface area (Å²) >= 11 is 0. The van der Waals surface area contributed by atoms with Crippen molar-refractivity contribution < 1.29 is 27.4 Å². The Morgan fingerprint density at radius 2 is 2.00 bits per heavy atom. The molecule has 0 N–H and O–H groups in total. The van der Waals surface area contributed by atoms with Gasteiger partial charge in [0.2, 0.25) is 0 Å². The van der Waals surface area contributed by atoms with Crippen molar-refractivity contribution in [2.75, 3.05) is 7.11 Å². The molecular formula is C11H8F3NO3. The number of halogens is 3. The number of benzene rings is 1. The van der Waals surface area contributed by atoms with Gasteiger partial charge in [-0.25, -0.2) is 4.79 Å². The number of nitriles is 1. The summed E-state index contributed by atoms with van der Waals surface area (Å²) in [6.07, 6.45) is -4.94. The standard InChI is InChI=1S/C11H8F3NO3/c1-6-3-4-8(18-11(12,13)14)7(5-15)9(6)10(16)17-2/h3-4H,1-2H3. The number of nitrogens with zero attached hydrogens (tertiary/aromatic N) is 1. The van der Waals surface area contributed by atoms with Gasteiger partial charge >= 0.3 is 12.3 Å². The van der Waals surface area contributed by atoms with Gasteiger partial charge < -0.3 is 9.47 Å². The average Bonchev–Trinajstić information content (AvgIpc) is 2.28. The summed E-state index contributed by atoms with van der Waals surface area (Å²) < 4.78 is 44.5. The maximum absolute atomic E-state index is 12.1. The minimum absolute atomic E-state index is 0.234. The fourth-order valence-corrected chi connectivity index (χ4v) is 1.37. The molecule has 0 heterocycles. The zero-order valence-corrected chi connectivity index (χ0v) is 9.46. The van der Waals surface area contributed by atoms with Gasteiger partial charge in [0.25, 0.3) is 0 Å². The highest BCUT2D eigenvalue weighted by molar-refractivity contribution is 5.94. The molecule has 0 aliphatic rings. The van der Waals surface area contributed by atoms with E-state index in [1.54, 1.807) is 0 Å². The highest BCUT2D eigenvalue weighted by Crippen LogP contribution is 2.30. The average molecular weight is 259 g/mol. The van der Waals surface area contributed by atoms with Gasteiger partial charge in [-0.05, 0) is 18.6 Å². The molecule has 0 saturated carbocycles. The molecule has 96 valence electrons. The lowest BCUT2D eigenvalue weighted by molar-refractivity contribution is -0.274. The molecule has 7 heteroatoms. The summed E-state index contributed by atoms with van der Waals surface area (Å²) in [5.74, 6) is -1.62. The normalized spacial score (nSPS) is 10.7. The van der Waals surface area contributed by atoms with Crippen LogP contribution in [0, 0.1) is 18.3 Å². The van der Waals surface area contributed by atoms with E-state index in [2.05, 4.69) is 9.47 Å². The maximum atomic E-state index is 12.1. The van der Waals surface area contributed by atoms with E-state index in [1.807, 2.05) is 0 Å². The molecule has 1 aromatic carbocycles. The zero-order valence-electron chi connectivity index (χ0n) is 9.46. The second-order valence-electron chi connectivity index (χ2n) is 3.28. The molecule has 0 atom stereocenters. The topological polar surface area (TPSA) is 59.3 Å². The van der Waals surface area contributed by atoms with Crippen molar-refractivity contribution in [1.82, 2.24) is 0 Å². The Kier molecular flexibility index (Phi) is 3.81. The largest absolute Gasteiger partial charge is 0.573 e. The van der Waals surface area contributed by atoms with E-state index in [0.717, 1.165) is 13.2 Å². The fourth-order valence-electron chi connectivity index (χ4n) is 1.37. The molecule has 0 aliphatic carbocycles. The Balaban J connectivity index is 3.40. The number of carbonyl (C=O) groups excluding carboxylic acids is 1. The van der Waals surface area contributed by atoms with Gasteiger partial charge in [-0.1, -0.05) is 6.07 Å². The number of aryl methyl sites for hydroxylation is 1. The first kappa shape index (κ1) is 13.8. The second kappa shape index (κ2) is 4.96. The quantitative estimate of drug-likeness (QED) is 0.766. The minimum atomic E-state index is -4.94. The SMILES string of the molecule is COC(=O)c1c(C)ccc(OC(F)(F)F)c1C#N. The zero-order chi connectivity index (χ0) is 13.9. The second-order valence-corrected chi connectivity index (χ2v) is 3.28. The van der Waals surface area contributed by atoms with Crippen LogP contribution in [0.5, 0.6) is 5.75 Å². The molecule has 0 spiro atoms. The van der Waals surface area contributed by atoms with E-state index in [0.29, 0.717) is 5.56 Å². The van der Waals surface area contributed by atoms with E-state index in [1.165, 1.54) is 19.1 Å². The van der Waals surface area contributed by atoms with Crippen molar-refractivity contribution in [1.29, 1.82) is 5.26 Å². The lowest BCUT2D eigenvalue weighted by Crippen LogP contribution is -2.19. The lowest BCUT2D eigenvalue weighted by atomic mass is 10.0. The van der Waals surface area contributed by atoms with Crippen LogP contribution in [0.25, 0.3) is 0 Å². The first-order chi connectivity index (χ1) is 8.30. The number of methoxy groups -OCH3 is 1. The Bertz CT molecular complexity index is 517. The molecule has 4 nitrogen and oxygen atoms in total. The number of alkyl halides is 3. The summed E-state index contributed by atoms with van der Waals surface area (Å²) in [7, 11) is 1.07. The number of hydrogen-bond acceptors (Lipinski definition) is 4. The lowest BCUT2D eigenvalue weighted by Gasteiger charge is -2.13. The number of hydrogen-bond donors (Lipinski definition) is 0. The van der Waals surface area contributed by atoms with Crippen molar-refractivity contribution in [2.24, 2.45) is 0 Å². The first-order valence-electron chi connectivity index (χ1n) is 4.68. The molecule has 0 radical (unpaired) electrons. The van der Waals surface area contributed by atoms with Gasteiger partial charge in [0, 0.05) is 0 Å². The summed E-state index contributed by atoms with van der Waals surface area (Å²) in [5.41, 5.74) is -0.408. The molecule has 18 heavy (non-hydrogen) atoms. The van der Waals surface area contributed by atoms with Gasteiger partial charge in [0.1, 0.15) is 17.4 Å². The predicted octanol–water partition coefficient (Wildman–Crippen LogP) is 2.55. The maximum Gasteiger partial charge on any atom is 0.573 e. The predicted molar refractivity (Wildman–Crippen MR) is 53.9 cm³/mol. The Labute approximate surface area is 101 Å². The van der Waals surface area contributed by atoms with Crippen molar-refractivity contribution in [3.63, 3.8) is 0 Å². The van der Waals surface area contributed by atoms with E-state index in [9.17, 15) is 18.0 Å². The molecule has 1 rings (SSSR count). The monoisotopic (exact) mass is 259 g/mol. The minimum Gasteiger partial charge on any atom is -0.465 e. The number of ether oxygens (including phenoxy) is 2. The van der Waals surface area contributed by atoms with Gasteiger partial charge in [-0.15, -0.1) is 13.2 Å². The van der Waals surface area contributed by atoms with Gasteiger partial charge in [0.15, 0.2) is 0 Å². The molecule has 0 bridgehead atoms. The summed E-state index contributed by atoms with van der Waals surface area (Å²) in [4.78, 5) is 11.4. The van der Waals surface area contributed by atoms with E-state index >= 15 is 0 Å². The van der Waals surface area contributed by atoms with Crippen LogP contribution in [-0.2, 0) is 4.74 Å². The highest BCUT2D eigenvalue weighted by atomic mass is 19.4. The molecule has 0 saturated heterocycles. The van der Waals surface area contributed by atoms with Crippen LogP contribution in [0.3, 0.4) is 0 Å². The third kappa shape index (κ3) is 2.91. The van der Waals surface area contributed by atoms with Crippen molar-refractivity contribution >= 4 is 5.97 Å². The molecule has 1 aromatic rings. The third-order valence-corrected chi connectivity index (χ3v) is 2.10. The van der Waals surface area contributed by atoms with Crippen LogP contribution in [0.1, 0.15) is 21.5 Å². The first-order valence-corrected chi connectivity index (χ1v) is 4.68. The highest BCUT2D eigenvalue weighted by Gasteiger charge is 2.33. The van der Waals surface area contributed by atoms with E-state index in [-0.39, 0.29) is 5.56 Å². The van der Waals surface area contributed by atoms with Crippen LogP contribution in [0.4, 0.5) is 13.2 Å². The number of esters is 1. The van der Waals surface area contributed by atoms with Crippen LogP contribution in [0.2, 0.25) is 0 Å². The van der Waals surface area contributed by atoms with Crippen LogP contribution in [0.15, 0.2) is 12.1 Å². The molecule has 0 aliphatic heterocycles. The smallest absolute Gasteiger partial charge is 0.465 e. The van der Waals surface area contributed by atoms with Crippen molar-refractivity contribution in [2.45, 2.75) is 13.3 Å². The van der Waals surface area contributed by atoms with Gasteiger partial charge in [-0.3, -0.25) is 0 Å². The van der Waals surface area contributed by atoms with E-state index < -0.39 is 23.6 Å². The third-order valence-electron chi connectivity index (χ3n) is 2.10. The van der Waals surface area contributed by atoms with Crippen molar-refractivity contribution in [3.05, 3.63) is 28.8 Å². The van der Waals surface area contributed by atoms with Crippen LogP contribution >= 0.6 is 0 Å². The molecule has 0 aromatic heterocycles. The number of rotatable bonds is 2.